The summed E-state index contributed by atoms with van der Waals surface area (Å²) in [6.45, 7) is 3.50. The van der Waals surface area contributed by atoms with E-state index in [1.807, 2.05) is 13.0 Å². The van der Waals surface area contributed by atoms with E-state index in [1.54, 1.807) is 6.08 Å². The third kappa shape index (κ3) is 18.4. The Bertz CT molecular complexity index is 787. The molecule has 44 heavy (non-hydrogen) atoms. The molecule has 1 aliphatic heterocycles. The normalized spacial score (nSPS) is 24.0. The monoisotopic (exact) mass is 625 g/mol. The minimum Gasteiger partial charge on any atom is -0.394 e. The lowest BCUT2D eigenvalue weighted by atomic mass is 9.99. The van der Waals surface area contributed by atoms with Crippen molar-refractivity contribution in [2.75, 3.05) is 13.2 Å². The minimum atomic E-state index is -1.56. The molecule has 9 heteroatoms. The Balaban J connectivity index is 2.27. The summed E-state index contributed by atoms with van der Waals surface area (Å²) in [4.78, 5) is 12.7. The first-order valence-electron chi connectivity index (χ1n) is 17.2. The van der Waals surface area contributed by atoms with E-state index in [-0.39, 0.29) is 12.5 Å². The van der Waals surface area contributed by atoms with Gasteiger partial charge in [0.1, 0.15) is 24.4 Å². The fraction of sp³-hybridized carbons (Fsp3) is 0.800. The van der Waals surface area contributed by atoms with Crippen LogP contribution in [-0.4, -0.2) is 87.5 Å². The van der Waals surface area contributed by atoms with E-state index in [2.05, 4.69) is 36.5 Å². The Morgan fingerprint density at radius 1 is 0.773 bits per heavy atom. The average Bonchev–Trinajstić information content (AvgIpc) is 3.02. The number of allylic oxidation sites excluding steroid dienone is 5. The van der Waals surface area contributed by atoms with E-state index in [4.69, 9.17) is 9.47 Å². The smallest absolute Gasteiger partial charge is 0.220 e. The first kappa shape index (κ1) is 40.4. The second-order valence-electron chi connectivity index (χ2n) is 12.0. The summed E-state index contributed by atoms with van der Waals surface area (Å²) in [5.74, 6) is -0.200. The number of carbonyl (C=O) groups is 1. The van der Waals surface area contributed by atoms with Gasteiger partial charge < -0.3 is 40.3 Å². The van der Waals surface area contributed by atoms with Gasteiger partial charge in [0, 0.05) is 6.42 Å². The number of hydrogen-bond donors (Lipinski definition) is 6. The second kappa shape index (κ2) is 26.6. The molecule has 0 radical (unpaired) electrons. The first-order chi connectivity index (χ1) is 21.3. The molecule has 0 aromatic heterocycles. The highest BCUT2D eigenvalue weighted by Crippen LogP contribution is 2.22. The Morgan fingerprint density at radius 2 is 1.39 bits per heavy atom. The predicted molar refractivity (Wildman–Crippen MR) is 175 cm³/mol. The standard InChI is InChI=1S/C35H63NO8/c1-3-5-7-8-9-10-11-12-13-14-15-16-17-18-19-20-21-23-25-31(39)36-28(29(38)24-22-6-4-2)27-43-35-34(42)33(41)32(40)30(26-37)44-35/h10-11,13-14,22,24,28-30,32-35,37-38,40-42H,3-9,12,15-21,23,25-27H2,1-2H3,(H,36,39)/b11-10-,14-13-,24-22+. The number of amides is 1. The van der Waals surface area contributed by atoms with Crippen LogP contribution >= 0.6 is 0 Å². The molecule has 256 valence electrons. The van der Waals surface area contributed by atoms with E-state index in [0.29, 0.717) is 6.42 Å². The summed E-state index contributed by atoms with van der Waals surface area (Å²) in [5.41, 5.74) is 0. The van der Waals surface area contributed by atoms with Crippen molar-refractivity contribution in [2.24, 2.45) is 0 Å². The quantitative estimate of drug-likeness (QED) is 0.0582. The highest BCUT2D eigenvalue weighted by Gasteiger charge is 2.44. The number of hydrogen-bond acceptors (Lipinski definition) is 8. The molecule has 1 saturated heterocycles. The molecule has 1 aliphatic rings. The molecule has 0 bridgehead atoms. The molecule has 7 atom stereocenters. The number of nitrogens with one attached hydrogen (secondary N) is 1. The second-order valence-corrected chi connectivity index (χ2v) is 12.0. The van der Waals surface area contributed by atoms with Gasteiger partial charge in [-0.2, -0.15) is 0 Å². The molecule has 0 spiro atoms. The summed E-state index contributed by atoms with van der Waals surface area (Å²) in [7, 11) is 0. The van der Waals surface area contributed by atoms with E-state index in [0.717, 1.165) is 51.4 Å². The van der Waals surface area contributed by atoms with Crippen LogP contribution in [0.5, 0.6) is 0 Å². The first-order valence-corrected chi connectivity index (χ1v) is 17.2. The topological polar surface area (TPSA) is 149 Å². The van der Waals surface area contributed by atoms with Crippen molar-refractivity contribution >= 4 is 5.91 Å². The fourth-order valence-electron chi connectivity index (χ4n) is 5.07. The van der Waals surface area contributed by atoms with Gasteiger partial charge in [0.2, 0.25) is 5.91 Å². The molecule has 0 aromatic rings. The van der Waals surface area contributed by atoms with Gasteiger partial charge in [-0.25, -0.2) is 0 Å². The predicted octanol–water partition coefficient (Wildman–Crippen LogP) is 4.99. The van der Waals surface area contributed by atoms with Crippen molar-refractivity contribution in [3.05, 3.63) is 36.5 Å². The van der Waals surface area contributed by atoms with Crippen LogP contribution in [0.25, 0.3) is 0 Å². The number of unbranched alkanes of at least 4 members (excludes halogenated alkanes) is 12. The number of carbonyl (C=O) groups excluding carboxylic acids is 1. The average molecular weight is 626 g/mol. The largest absolute Gasteiger partial charge is 0.394 e. The molecule has 9 nitrogen and oxygen atoms in total. The van der Waals surface area contributed by atoms with Crippen molar-refractivity contribution < 1.29 is 39.8 Å². The summed E-state index contributed by atoms with van der Waals surface area (Å²) in [6, 6.07) is -0.802. The lowest BCUT2D eigenvalue weighted by Crippen LogP contribution is -2.60. The zero-order chi connectivity index (χ0) is 32.4. The third-order valence-electron chi connectivity index (χ3n) is 7.94. The van der Waals surface area contributed by atoms with E-state index >= 15 is 0 Å². The summed E-state index contributed by atoms with van der Waals surface area (Å²) in [5, 5.41) is 53.1. The van der Waals surface area contributed by atoms with Crippen molar-refractivity contribution in [3.8, 4) is 0 Å². The van der Waals surface area contributed by atoms with Crippen LogP contribution in [0.15, 0.2) is 36.5 Å². The van der Waals surface area contributed by atoms with E-state index in [9.17, 15) is 30.3 Å². The van der Waals surface area contributed by atoms with Gasteiger partial charge in [0.25, 0.3) is 0 Å². The van der Waals surface area contributed by atoms with Gasteiger partial charge in [-0.15, -0.1) is 0 Å². The molecule has 0 aliphatic carbocycles. The lowest BCUT2D eigenvalue weighted by Gasteiger charge is -2.40. The lowest BCUT2D eigenvalue weighted by molar-refractivity contribution is -0.302. The fourth-order valence-corrected chi connectivity index (χ4v) is 5.07. The highest BCUT2D eigenvalue weighted by molar-refractivity contribution is 5.76. The molecule has 0 saturated carbocycles. The van der Waals surface area contributed by atoms with Gasteiger partial charge in [-0.05, 0) is 44.9 Å². The molecule has 1 amide bonds. The molecule has 1 fully saturated rings. The number of aliphatic hydroxyl groups excluding tert-OH is 5. The highest BCUT2D eigenvalue weighted by atomic mass is 16.7. The minimum absolute atomic E-state index is 0.197. The van der Waals surface area contributed by atoms with Crippen LogP contribution in [0, 0.1) is 0 Å². The maximum Gasteiger partial charge on any atom is 0.220 e. The van der Waals surface area contributed by atoms with Crippen LogP contribution < -0.4 is 5.32 Å². The Kier molecular flexibility index (Phi) is 24.5. The zero-order valence-corrected chi connectivity index (χ0v) is 27.4. The van der Waals surface area contributed by atoms with E-state index in [1.165, 1.54) is 51.4 Å². The number of aliphatic hydroxyl groups is 5. The van der Waals surface area contributed by atoms with Gasteiger partial charge in [0.15, 0.2) is 6.29 Å². The number of rotatable bonds is 26. The summed E-state index contributed by atoms with van der Waals surface area (Å²) < 4.78 is 11.0. The van der Waals surface area contributed by atoms with Gasteiger partial charge in [0.05, 0.1) is 25.4 Å². The van der Waals surface area contributed by atoms with Crippen LogP contribution in [0.4, 0.5) is 0 Å². The Hall–Kier alpha value is -1.59. The summed E-state index contributed by atoms with van der Waals surface area (Å²) >= 11 is 0. The van der Waals surface area contributed by atoms with Crippen LogP contribution in [0.2, 0.25) is 0 Å². The summed E-state index contributed by atoms with van der Waals surface area (Å²) in [6.07, 6.45) is 22.7. The van der Waals surface area contributed by atoms with Crippen molar-refractivity contribution in [2.45, 2.75) is 166 Å². The van der Waals surface area contributed by atoms with Crippen molar-refractivity contribution in [1.82, 2.24) is 5.32 Å². The van der Waals surface area contributed by atoms with E-state index < -0.39 is 49.5 Å². The van der Waals surface area contributed by atoms with Crippen molar-refractivity contribution in [1.29, 1.82) is 0 Å². The van der Waals surface area contributed by atoms with Crippen LogP contribution in [-0.2, 0) is 14.3 Å². The molecular formula is C35H63NO8. The van der Waals surface area contributed by atoms with Crippen LogP contribution in [0.1, 0.15) is 123 Å². The van der Waals surface area contributed by atoms with Gasteiger partial charge in [-0.1, -0.05) is 108 Å². The van der Waals surface area contributed by atoms with Crippen molar-refractivity contribution in [3.63, 3.8) is 0 Å². The molecule has 1 heterocycles. The third-order valence-corrected chi connectivity index (χ3v) is 7.94. The molecule has 1 rings (SSSR count). The maximum atomic E-state index is 12.7. The molecule has 6 N–H and O–H groups in total. The van der Waals surface area contributed by atoms with Gasteiger partial charge >= 0.3 is 0 Å². The maximum absolute atomic E-state index is 12.7. The molecule has 0 aromatic carbocycles. The Labute approximate surface area is 266 Å². The number of ether oxygens (including phenoxy) is 2. The Morgan fingerprint density at radius 3 is 2.00 bits per heavy atom. The van der Waals surface area contributed by atoms with Gasteiger partial charge in [-0.3, -0.25) is 4.79 Å². The molecular weight excluding hydrogens is 562 g/mol. The SMILES string of the molecule is CCC/C=C/C(O)C(COC1OC(CO)C(O)C(O)C1O)NC(=O)CCCCCCCCC/C=C\C/C=C\CCCCCC. The molecule has 7 unspecified atom stereocenters. The zero-order valence-electron chi connectivity index (χ0n) is 27.4. The van der Waals surface area contributed by atoms with Crippen LogP contribution in [0.3, 0.4) is 0 Å².